The highest BCUT2D eigenvalue weighted by atomic mass is 16.2. The lowest BCUT2D eigenvalue weighted by molar-refractivity contribution is -0.136. The molecule has 8 nitrogen and oxygen atoms in total. The van der Waals surface area contributed by atoms with E-state index in [0.29, 0.717) is 6.54 Å². The van der Waals surface area contributed by atoms with Crippen LogP contribution in [0.25, 0.3) is 0 Å². The Morgan fingerprint density at radius 1 is 1.21 bits per heavy atom. The van der Waals surface area contributed by atoms with Crippen LogP contribution in [-0.2, 0) is 4.79 Å². The lowest BCUT2D eigenvalue weighted by Crippen LogP contribution is -2.41. The third-order valence-electron chi connectivity index (χ3n) is 4.30. The molecule has 1 fully saturated rings. The number of hydrogen-bond donors (Lipinski definition) is 0. The zero-order chi connectivity index (χ0) is 16.9. The SMILES string of the molecule is CC(C)[C@H](C(=O)N1CCCN(c2cccnn2)CC1)n1cncn1. The number of carbonyl (C=O) groups is 1. The average molecular weight is 329 g/mol. The van der Waals surface area contributed by atoms with E-state index in [2.05, 4.69) is 25.2 Å². The number of nitrogens with zero attached hydrogens (tertiary/aromatic N) is 7. The third-order valence-corrected chi connectivity index (χ3v) is 4.30. The second-order valence-corrected chi connectivity index (χ2v) is 6.31. The van der Waals surface area contributed by atoms with Crippen LogP contribution in [0, 0.1) is 5.92 Å². The molecule has 2 aromatic heterocycles. The Labute approximate surface area is 141 Å². The molecule has 0 N–H and O–H groups in total. The van der Waals surface area contributed by atoms with Gasteiger partial charge >= 0.3 is 0 Å². The first-order valence-electron chi connectivity index (χ1n) is 8.32. The summed E-state index contributed by atoms with van der Waals surface area (Å²) in [6.07, 6.45) is 5.67. The fourth-order valence-corrected chi connectivity index (χ4v) is 3.08. The minimum Gasteiger partial charge on any atom is -0.353 e. The van der Waals surface area contributed by atoms with Crippen LogP contribution >= 0.6 is 0 Å². The Morgan fingerprint density at radius 2 is 2.08 bits per heavy atom. The average Bonchev–Trinajstić information content (AvgIpc) is 2.98. The molecule has 0 bridgehead atoms. The second kappa shape index (κ2) is 7.37. The zero-order valence-corrected chi connectivity index (χ0v) is 14.1. The fraction of sp³-hybridized carbons (Fsp3) is 0.562. The molecule has 0 spiro atoms. The molecule has 0 aromatic carbocycles. The van der Waals surface area contributed by atoms with Crippen LogP contribution in [0.3, 0.4) is 0 Å². The topological polar surface area (TPSA) is 80.0 Å². The van der Waals surface area contributed by atoms with E-state index in [-0.39, 0.29) is 17.9 Å². The first kappa shape index (κ1) is 16.4. The molecule has 3 heterocycles. The smallest absolute Gasteiger partial charge is 0.247 e. The predicted molar refractivity (Wildman–Crippen MR) is 89.3 cm³/mol. The molecule has 24 heavy (non-hydrogen) atoms. The highest BCUT2D eigenvalue weighted by Gasteiger charge is 2.30. The summed E-state index contributed by atoms with van der Waals surface area (Å²) < 4.78 is 1.67. The maximum atomic E-state index is 13.0. The van der Waals surface area contributed by atoms with Gasteiger partial charge < -0.3 is 9.80 Å². The number of carbonyl (C=O) groups excluding carboxylic acids is 1. The van der Waals surface area contributed by atoms with Gasteiger partial charge in [0.05, 0.1) is 0 Å². The van der Waals surface area contributed by atoms with Gasteiger partial charge in [0.2, 0.25) is 5.91 Å². The largest absolute Gasteiger partial charge is 0.353 e. The van der Waals surface area contributed by atoms with E-state index >= 15 is 0 Å². The second-order valence-electron chi connectivity index (χ2n) is 6.31. The van der Waals surface area contributed by atoms with Crippen molar-refractivity contribution in [1.82, 2.24) is 29.9 Å². The molecule has 1 atom stereocenters. The fourth-order valence-electron chi connectivity index (χ4n) is 3.08. The molecule has 1 aliphatic rings. The van der Waals surface area contributed by atoms with Gasteiger partial charge in [-0.15, -0.1) is 5.10 Å². The summed E-state index contributed by atoms with van der Waals surface area (Å²) in [5.74, 6) is 1.12. The maximum Gasteiger partial charge on any atom is 0.247 e. The number of amides is 1. The van der Waals surface area contributed by atoms with Crippen LogP contribution < -0.4 is 4.90 Å². The van der Waals surface area contributed by atoms with Gasteiger partial charge in [0.1, 0.15) is 18.7 Å². The van der Waals surface area contributed by atoms with Gasteiger partial charge in [-0.3, -0.25) is 4.79 Å². The standard InChI is InChI=1S/C16H23N7O/c1-13(2)15(23-12-17-11-19-23)16(24)22-8-4-7-21(9-10-22)14-5-3-6-18-20-14/h3,5-6,11-13,15H,4,7-10H2,1-2H3/t15-/m1/s1. The minimum atomic E-state index is -0.310. The van der Waals surface area contributed by atoms with E-state index in [1.54, 1.807) is 17.2 Å². The first-order valence-corrected chi connectivity index (χ1v) is 8.32. The van der Waals surface area contributed by atoms with Crippen LogP contribution in [0.1, 0.15) is 26.3 Å². The van der Waals surface area contributed by atoms with Gasteiger partial charge in [-0.1, -0.05) is 13.8 Å². The highest BCUT2D eigenvalue weighted by Crippen LogP contribution is 2.21. The van der Waals surface area contributed by atoms with E-state index in [4.69, 9.17) is 0 Å². The van der Waals surface area contributed by atoms with Crippen LogP contribution in [0.4, 0.5) is 5.82 Å². The monoisotopic (exact) mass is 329 g/mol. The Bertz CT molecular complexity index is 644. The van der Waals surface area contributed by atoms with Crippen LogP contribution in [0.2, 0.25) is 0 Å². The first-order chi connectivity index (χ1) is 11.7. The summed E-state index contributed by atoms with van der Waals surface area (Å²) in [5, 5.41) is 12.3. The molecule has 8 heteroatoms. The molecule has 0 radical (unpaired) electrons. The van der Waals surface area contributed by atoms with Crippen molar-refractivity contribution in [2.45, 2.75) is 26.3 Å². The van der Waals surface area contributed by atoms with Gasteiger partial charge in [-0.25, -0.2) is 9.67 Å². The maximum absolute atomic E-state index is 13.0. The van der Waals surface area contributed by atoms with Crippen molar-refractivity contribution in [3.63, 3.8) is 0 Å². The Morgan fingerprint density at radius 3 is 2.75 bits per heavy atom. The number of rotatable bonds is 4. The molecule has 0 unspecified atom stereocenters. The van der Waals surface area contributed by atoms with Crippen molar-refractivity contribution in [3.05, 3.63) is 31.0 Å². The highest BCUT2D eigenvalue weighted by molar-refractivity contribution is 5.80. The lowest BCUT2D eigenvalue weighted by Gasteiger charge is -2.28. The molecule has 3 rings (SSSR count). The minimum absolute atomic E-state index is 0.108. The summed E-state index contributed by atoms with van der Waals surface area (Å²) in [4.78, 5) is 21.1. The predicted octanol–water partition coefficient (Wildman–Crippen LogP) is 1.00. The van der Waals surface area contributed by atoms with Gasteiger partial charge in [0, 0.05) is 32.4 Å². The van der Waals surface area contributed by atoms with Crippen molar-refractivity contribution >= 4 is 11.7 Å². The summed E-state index contributed by atoms with van der Waals surface area (Å²) in [6.45, 7) is 7.12. The molecular formula is C16H23N7O. The number of aromatic nitrogens is 5. The van der Waals surface area contributed by atoms with E-state index in [1.165, 1.54) is 6.33 Å². The molecule has 1 amide bonds. The summed E-state index contributed by atoms with van der Waals surface area (Å²) in [6, 6.07) is 3.53. The summed E-state index contributed by atoms with van der Waals surface area (Å²) in [5.41, 5.74) is 0. The Kier molecular flexibility index (Phi) is 5.02. The molecule has 2 aromatic rings. The van der Waals surface area contributed by atoms with Crippen molar-refractivity contribution in [3.8, 4) is 0 Å². The quantitative estimate of drug-likeness (QED) is 0.833. The summed E-state index contributed by atoms with van der Waals surface area (Å²) >= 11 is 0. The third kappa shape index (κ3) is 3.52. The van der Waals surface area contributed by atoms with Gasteiger partial charge in [0.15, 0.2) is 5.82 Å². The molecule has 0 aliphatic carbocycles. The summed E-state index contributed by atoms with van der Waals surface area (Å²) in [7, 11) is 0. The van der Waals surface area contributed by atoms with Crippen molar-refractivity contribution in [2.75, 3.05) is 31.1 Å². The van der Waals surface area contributed by atoms with Crippen molar-refractivity contribution < 1.29 is 4.79 Å². The zero-order valence-electron chi connectivity index (χ0n) is 14.1. The molecule has 0 saturated carbocycles. The van der Waals surface area contributed by atoms with Crippen molar-refractivity contribution in [2.24, 2.45) is 5.92 Å². The Hall–Kier alpha value is -2.51. The molecular weight excluding hydrogens is 306 g/mol. The Balaban J connectivity index is 1.70. The van der Waals surface area contributed by atoms with E-state index in [1.807, 2.05) is 30.9 Å². The number of hydrogen-bond acceptors (Lipinski definition) is 6. The van der Waals surface area contributed by atoms with E-state index in [0.717, 1.165) is 31.9 Å². The van der Waals surface area contributed by atoms with Gasteiger partial charge in [-0.05, 0) is 24.5 Å². The van der Waals surface area contributed by atoms with Crippen LogP contribution in [0.15, 0.2) is 31.0 Å². The van der Waals surface area contributed by atoms with Crippen LogP contribution in [0.5, 0.6) is 0 Å². The van der Waals surface area contributed by atoms with E-state index in [9.17, 15) is 4.79 Å². The van der Waals surface area contributed by atoms with Crippen molar-refractivity contribution in [1.29, 1.82) is 0 Å². The number of anilines is 1. The molecule has 1 aliphatic heterocycles. The normalized spacial score (nSPS) is 17.0. The van der Waals surface area contributed by atoms with E-state index < -0.39 is 0 Å². The molecule has 1 saturated heterocycles. The van der Waals surface area contributed by atoms with Gasteiger partial charge in [0.25, 0.3) is 0 Å². The molecule has 128 valence electrons. The lowest BCUT2D eigenvalue weighted by atomic mass is 10.0. The van der Waals surface area contributed by atoms with Crippen LogP contribution in [-0.4, -0.2) is 61.9 Å². The van der Waals surface area contributed by atoms with Gasteiger partial charge in [-0.2, -0.15) is 10.2 Å².